The van der Waals surface area contributed by atoms with Gasteiger partial charge in [-0.25, -0.2) is 0 Å². The van der Waals surface area contributed by atoms with Gasteiger partial charge in [-0.05, 0) is 42.0 Å². The van der Waals surface area contributed by atoms with Crippen molar-refractivity contribution in [2.75, 3.05) is 12.0 Å². The predicted octanol–water partition coefficient (Wildman–Crippen LogP) is 2.76. The van der Waals surface area contributed by atoms with Crippen molar-refractivity contribution in [1.29, 1.82) is 0 Å². The molecule has 3 rings (SSSR count). The van der Waals surface area contributed by atoms with Crippen LogP contribution in [0.4, 0.5) is 5.69 Å². The molecule has 2 N–H and O–H groups in total. The second kappa shape index (κ2) is 5.39. The molecule has 0 bridgehead atoms. The van der Waals surface area contributed by atoms with Gasteiger partial charge in [0.05, 0.1) is 13.2 Å². The zero-order valence-electron chi connectivity index (χ0n) is 11.5. The van der Waals surface area contributed by atoms with Gasteiger partial charge in [0.2, 0.25) is 5.91 Å². The minimum Gasteiger partial charge on any atom is -0.497 e. The van der Waals surface area contributed by atoms with Crippen LogP contribution in [-0.4, -0.2) is 19.1 Å². The zero-order chi connectivity index (χ0) is 15.0. The number of nitrogens with zero attached hydrogens (tertiary/aromatic N) is 1. The van der Waals surface area contributed by atoms with Gasteiger partial charge < -0.3 is 15.4 Å². The summed E-state index contributed by atoms with van der Waals surface area (Å²) in [7, 11) is 1.61. The van der Waals surface area contributed by atoms with E-state index in [0.29, 0.717) is 5.02 Å². The fraction of sp³-hybridized carbons (Fsp3) is 0.188. The molecule has 0 aliphatic carbocycles. The largest absolute Gasteiger partial charge is 0.497 e. The van der Waals surface area contributed by atoms with Crippen LogP contribution in [0.3, 0.4) is 0 Å². The van der Waals surface area contributed by atoms with Crippen LogP contribution < -0.4 is 15.4 Å². The molecule has 2 atom stereocenters. The first-order chi connectivity index (χ1) is 10.1. The molecule has 4 nitrogen and oxygen atoms in total. The van der Waals surface area contributed by atoms with E-state index in [1.165, 1.54) is 0 Å². The number of halogens is 1. The molecule has 5 heteroatoms. The number of carbonyl (C=O) groups is 1. The van der Waals surface area contributed by atoms with Crippen molar-refractivity contribution in [3.8, 4) is 5.75 Å². The van der Waals surface area contributed by atoms with E-state index in [2.05, 4.69) is 0 Å². The Morgan fingerprint density at radius 2 is 1.90 bits per heavy atom. The van der Waals surface area contributed by atoms with Crippen molar-refractivity contribution in [3.63, 3.8) is 0 Å². The summed E-state index contributed by atoms with van der Waals surface area (Å²) in [5.41, 5.74) is 7.74. The van der Waals surface area contributed by atoms with Gasteiger partial charge >= 0.3 is 0 Å². The average Bonchev–Trinajstić information content (AvgIpc) is 2.52. The van der Waals surface area contributed by atoms with Gasteiger partial charge in [-0.2, -0.15) is 0 Å². The maximum atomic E-state index is 12.1. The third kappa shape index (κ3) is 2.37. The summed E-state index contributed by atoms with van der Waals surface area (Å²) >= 11 is 5.89. The van der Waals surface area contributed by atoms with Crippen molar-refractivity contribution in [2.24, 2.45) is 5.73 Å². The van der Waals surface area contributed by atoms with Gasteiger partial charge in [0, 0.05) is 10.7 Å². The van der Waals surface area contributed by atoms with E-state index in [1.54, 1.807) is 24.1 Å². The quantitative estimate of drug-likeness (QED) is 0.887. The Kier molecular flexibility index (Phi) is 3.57. The molecule has 108 valence electrons. The summed E-state index contributed by atoms with van der Waals surface area (Å²) in [6.07, 6.45) is 0. The van der Waals surface area contributed by atoms with E-state index >= 15 is 0 Å². The minimum atomic E-state index is -0.534. The normalized spacial score (nSPS) is 21.1. The molecule has 2 aromatic rings. The van der Waals surface area contributed by atoms with Gasteiger partial charge in [-0.3, -0.25) is 4.79 Å². The van der Waals surface area contributed by atoms with E-state index in [0.717, 1.165) is 17.0 Å². The van der Waals surface area contributed by atoms with Crippen LogP contribution >= 0.6 is 11.6 Å². The van der Waals surface area contributed by atoms with E-state index in [9.17, 15) is 4.79 Å². The molecule has 1 amide bonds. The van der Waals surface area contributed by atoms with Gasteiger partial charge in [0.15, 0.2) is 0 Å². The highest BCUT2D eigenvalue weighted by atomic mass is 35.5. The first-order valence-electron chi connectivity index (χ1n) is 6.60. The van der Waals surface area contributed by atoms with Crippen molar-refractivity contribution in [2.45, 2.75) is 12.1 Å². The molecule has 1 fully saturated rings. The molecule has 0 unspecified atom stereocenters. The molecule has 1 saturated heterocycles. The third-order valence-electron chi connectivity index (χ3n) is 3.68. The molecule has 0 spiro atoms. The zero-order valence-corrected chi connectivity index (χ0v) is 12.2. The van der Waals surface area contributed by atoms with E-state index < -0.39 is 6.04 Å². The highest BCUT2D eigenvalue weighted by molar-refractivity contribution is 6.30. The summed E-state index contributed by atoms with van der Waals surface area (Å²) in [5, 5.41) is 0.633. The van der Waals surface area contributed by atoms with Gasteiger partial charge in [-0.15, -0.1) is 0 Å². The summed E-state index contributed by atoms with van der Waals surface area (Å²) < 4.78 is 5.23. The van der Waals surface area contributed by atoms with Crippen LogP contribution in [0.1, 0.15) is 11.6 Å². The second-order valence-electron chi connectivity index (χ2n) is 4.93. The summed E-state index contributed by atoms with van der Waals surface area (Å²) in [4.78, 5) is 13.8. The summed E-state index contributed by atoms with van der Waals surface area (Å²) in [5.74, 6) is 0.653. The van der Waals surface area contributed by atoms with E-state index in [4.69, 9.17) is 22.1 Å². The Morgan fingerprint density at radius 3 is 2.57 bits per heavy atom. The molecular weight excluding hydrogens is 288 g/mol. The topological polar surface area (TPSA) is 55.6 Å². The number of hydrogen-bond donors (Lipinski definition) is 1. The summed E-state index contributed by atoms with van der Waals surface area (Å²) in [6, 6.07) is 14.0. The minimum absolute atomic E-state index is 0.0925. The fourth-order valence-electron chi connectivity index (χ4n) is 2.58. The molecule has 2 aromatic carbocycles. The number of anilines is 1. The van der Waals surface area contributed by atoms with Gasteiger partial charge in [-0.1, -0.05) is 23.7 Å². The molecule has 1 aliphatic rings. The number of carbonyl (C=O) groups excluding carboxylic acids is 1. The first kappa shape index (κ1) is 13.9. The monoisotopic (exact) mass is 302 g/mol. The van der Waals surface area contributed by atoms with Crippen LogP contribution in [0.25, 0.3) is 0 Å². The number of ether oxygens (including phenoxy) is 1. The fourth-order valence-corrected chi connectivity index (χ4v) is 2.71. The number of rotatable bonds is 3. The molecule has 0 aromatic heterocycles. The lowest BCUT2D eigenvalue weighted by molar-refractivity contribution is -0.126. The molecule has 1 aliphatic heterocycles. The van der Waals surface area contributed by atoms with Gasteiger partial charge in [0.1, 0.15) is 11.8 Å². The van der Waals surface area contributed by atoms with Crippen LogP contribution in [0.2, 0.25) is 5.02 Å². The molecular formula is C16H15ClN2O2. The SMILES string of the molecule is COc1cccc([C@@H]2[C@H](N)C(=O)N2c2ccc(Cl)cc2)c1. The van der Waals surface area contributed by atoms with Crippen molar-refractivity contribution < 1.29 is 9.53 Å². The number of β-lactam (4-membered cyclic amide) rings is 1. The Hall–Kier alpha value is -2.04. The third-order valence-corrected chi connectivity index (χ3v) is 3.93. The van der Waals surface area contributed by atoms with Crippen molar-refractivity contribution >= 4 is 23.2 Å². The second-order valence-corrected chi connectivity index (χ2v) is 5.37. The number of hydrogen-bond acceptors (Lipinski definition) is 3. The smallest absolute Gasteiger partial charge is 0.247 e. The maximum absolute atomic E-state index is 12.1. The van der Waals surface area contributed by atoms with Crippen LogP contribution in [0.5, 0.6) is 5.75 Å². The number of amides is 1. The highest BCUT2D eigenvalue weighted by Gasteiger charge is 2.46. The highest BCUT2D eigenvalue weighted by Crippen LogP contribution is 2.39. The maximum Gasteiger partial charge on any atom is 0.247 e. The van der Waals surface area contributed by atoms with Crippen molar-refractivity contribution in [1.82, 2.24) is 0 Å². The summed E-state index contributed by atoms with van der Waals surface area (Å²) in [6.45, 7) is 0. The Bertz CT molecular complexity index is 672. The lowest BCUT2D eigenvalue weighted by atomic mass is 9.88. The predicted molar refractivity (Wildman–Crippen MR) is 82.6 cm³/mol. The number of benzene rings is 2. The van der Waals surface area contributed by atoms with Crippen LogP contribution in [0, 0.1) is 0 Å². The first-order valence-corrected chi connectivity index (χ1v) is 6.98. The van der Waals surface area contributed by atoms with Crippen LogP contribution in [-0.2, 0) is 4.79 Å². The lowest BCUT2D eigenvalue weighted by Gasteiger charge is -2.45. The standard InChI is InChI=1S/C16H15ClN2O2/c1-21-13-4-2-3-10(9-13)15-14(18)16(20)19(15)12-7-5-11(17)6-8-12/h2-9,14-15H,18H2,1H3/t14-,15+/m0/s1. The number of methoxy groups -OCH3 is 1. The Labute approximate surface area is 128 Å². The molecule has 0 radical (unpaired) electrons. The number of nitrogens with two attached hydrogens (primary N) is 1. The Balaban J connectivity index is 1.96. The molecule has 21 heavy (non-hydrogen) atoms. The van der Waals surface area contributed by atoms with Gasteiger partial charge in [0.25, 0.3) is 0 Å². The molecule has 0 saturated carbocycles. The lowest BCUT2D eigenvalue weighted by Crippen LogP contribution is -2.63. The van der Waals surface area contributed by atoms with E-state index in [-0.39, 0.29) is 11.9 Å². The molecule has 1 heterocycles. The Morgan fingerprint density at radius 1 is 1.19 bits per heavy atom. The average molecular weight is 303 g/mol. The van der Waals surface area contributed by atoms with Crippen LogP contribution in [0.15, 0.2) is 48.5 Å². The van der Waals surface area contributed by atoms with Crippen molar-refractivity contribution in [3.05, 3.63) is 59.1 Å². The van der Waals surface area contributed by atoms with E-state index in [1.807, 2.05) is 36.4 Å².